The van der Waals surface area contributed by atoms with E-state index in [0.29, 0.717) is 5.92 Å². The lowest BCUT2D eigenvalue weighted by atomic mass is 9.65. The first-order valence-electron chi connectivity index (χ1n) is 12.6. The summed E-state index contributed by atoms with van der Waals surface area (Å²) in [5.41, 5.74) is 9.88. The maximum absolute atomic E-state index is 2.68. The zero-order valence-corrected chi connectivity index (χ0v) is 20.1. The maximum Gasteiger partial charge on any atom is 0.136 e. The minimum Gasteiger partial charge on any atom is -0.318 e. The van der Waals surface area contributed by atoms with Crippen LogP contribution in [0, 0.1) is 12.8 Å². The largest absolute Gasteiger partial charge is 0.318 e. The third-order valence-corrected chi connectivity index (χ3v) is 8.54. The number of para-hydroxylation sites is 2. The fourth-order valence-corrected chi connectivity index (χ4v) is 7.00. The quantitative estimate of drug-likeness (QED) is 0.411. The summed E-state index contributed by atoms with van der Waals surface area (Å²) in [7, 11) is 0. The molecule has 0 saturated heterocycles. The lowest BCUT2D eigenvalue weighted by molar-refractivity contribution is 0.254. The van der Waals surface area contributed by atoms with Gasteiger partial charge in [0.05, 0.1) is 5.70 Å². The van der Waals surface area contributed by atoms with Crippen molar-refractivity contribution in [3.63, 3.8) is 0 Å². The van der Waals surface area contributed by atoms with Crippen molar-refractivity contribution < 1.29 is 0 Å². The molecule has 1 aliphatic carbocycles. The van der Waals surface area contributed by atoms with Gasteiger partial charge in [-0.1, -0.05) is 86.0 Å². The molecule has 2 heteroatoms. The molecule has 1 saturated carbocycles. The first-order valence-corrected chi connectivity index (χ1v) is 12.6. The fraction of sp³-hybridized carbons (Fsp3) is 0.355. The lowest BCUT2D eigenvalue weighted by Gasteiger charge is -2.39. The molecule has 2 unspecified atom stereocenters. The molecule has 0 amide bonds. The summed E-state index contributed by atoms with van der Waals surface area (Å²) in [5, 5.41) is 0. The molecule has 0 bridgehead atoms. The normalized spacial score (nSPS) is 24.9. The molecule has 0 spiro atoms. The second kappa shape index (κ2) is 7.80. The molecular formula is C31H34N2. The number of nitrogens with zero attached hydrogens (tertiary/aromatic N) is 2. The Hall–Kier alpha value is -3.00. The van der Waals surface area contributed by atoms with E-state index in [1.807, 2.05) is 0 Å². The van der Waals surface area contributed by atoms with Gasteiger partial charge in [-0.2, -0.15) is 0 Å². The summed E-state index contributed by atoms with van der Waals surface area (Å²) in [5.74, 6) is 0.690. The van der Waals surface area contributed by atoms with Crippen LogP contribution >= 0.6 is 0 Å². The Morgan fingerprint density at radius 2 is 1.33 bits per heavy atom. The Bertz CT molecular complexity index is 1200. The Balaban J connectivity index is 1.62. The van der Waals surface area contributed by atoms with Gasteiger partial charge in [0, 0.05) is 22.5 Å². The molecule has 6 rings (SSSR count). The monoisotopic (exact) mass is 434 g/mol. The Kier molecular flexibility index (Phi) is 4.87. The second-order valence-corrected chi connectivity index (χ2v) is 10.3. The molecule has 3 aromatic rings. The molecule has 3 aromatic carbocycles. The topological polar surface area (TPSA) is 6.48 Å². The van der Waals surface area contributed by atoms with E-state index in [2.05, 4.69) is 109 Å². The van der Waals surface area contributed by atoms with E-state index in [-0.39, 0.29) is 11.6 Å². The summed E-state index contributed by atoms with van der Waals surface area (Å²) in [4.78, 5) is 5.29. The smallest absolute Gasteiger partial charge is 0.136 e. The Morgan fingerprint density at radius 3 is 2.06 bits per heavy atom. The highest BCUT2D eigenvalue weighted by molar-refractivity contribution is 5.79. The average molecular weight is 435 g/mol. The highest BCUT2D eigenvalue weighted by Gasteiger charge is 2.56. The molecule has 33 heavy (non-hydrogen) atoms. The zero-order valence-electron chi connectivity index (χ0n) is 20.1. The highest BCUT2D eigenvalue weighted by atomic mass is 15.4. The molecule has 3 aliphatic rings. The second-order valence-electron chi connectivity index (χ2n) is 10.3. The molecule has 0 N–H and O–H groups in total. The van der Waals surface area contributed by atoms with Crippen molar-refractivity contribution in [2.75, 3.05) is 9.80 Å². The van der Waals surface area contributed by atoms with Gasteiger partial charge in [0.25, 0.3) is 0 Å². The number of hydrogen-bond donors (Lipinski definition) is 0. The van der Waals surface area contributed by atoms with Crippen LogP contribution in [0.5, 0.6) is 0 Å². The number of benzene rings is 3. The molecule has 2 aliphatic heterocycles. The van der Waals surface area contributed by atoms with E-state index in [1.165, 1.54) is 71.6 Å². The predicted molar refractivity (Wildman–Crippen MR) is 138 cm³/mol. The van der Waals surface area contributed by atoms with Crippen molar-refractivity contribution in [2.24, 2.45) is 5.92 Å². The van der Waals surface area contributed by atoms with Gasteiger partial charge in [-0.15, -0.1) is 0 Å². The molecule has 2 heterocycles. The molecular weight excluding hydrogens is 400 g/mol. The van der Waals surface area contributed by atoms with Crippen molar-refractivity contribution in [3.8, 4) is 0 Å². The van der Waals surface area contributed by atoms with E-state index >= 15 is 0 Å². The Morgan fingerprint density at radius 1 is 0.697 bits per heavy atom. The van der Waals surface area contributed by atoms with Crippen LogP contribution in [0.15, 0.2) is 90.3 Å². The van der Waals surface area contributed by atoms with Crippen molar-refractivity contribution in [2.45, 2.75) is 64.5 Å². The van der Waals surface area contributed by atoms with Crippen LogP contribution in [-0.2, 0) is 5.41 Å². The van der Waals surface area contributed by atoms with Gasteiger partial charge in [-0.05, 0) is 68.4 Å². The number of aryl methyl sites for hydroxylation is 1. The van der Waals surface area contributed by atoms with Crippen LogP contribution in [-0.4, -0.2) is 0 Å². The highest BCUT2D eigenvalue weighted by Crippen LogP contribution is 2.62. The number of allylic oxidation sites excluding steroid dienone is 2. The minimum absolute atomic E-state index is 0.0472. The van der Waals surface area contributed by atoms with Gasteiger partial charge >= 0.3 is 0 Å². The third kappa shape index (κ3) is 2.93. The van der Waals surface area contributed by atoms with Crippen molar-refractivity contribution in [1.29, 1.82) is 0 Å². The fourth-order valence-electron chi connectivity index (χ4n) is 7.00. The number of hydrogen-bond acceptors (Lipinski definition) is 2. The first-order chi connectivity index (χ1) is 16.1. The zero-order chi connectivity index (χ0) is 22.6. The van der Waals surface area contributed by atoms with Gasteiger partial charge in [-0.3, -0.25) is 0 Å². The SMILES string of the molecule is CC1=C2N(c3ccccc3C2(C)C2CCCCC2)C(c2ccccc2)N1c1ccccc1C. The predicted octanol–water partition coefficient (Wildman–Crippen LogP) is 8.10. The van der Waals surface area contributed by atoms with E-state index < -0.39 is 0 Å². The summed E-state index contributed by atoms with van der Waals surface area (Å²) < 4.78 is 0. The summed E-state index contributed by atoms with van der Waals surface area (Å²) in [6.45, 7) is 7.15. The van der Waals surface area contributed by atoms with Crippen LogP contribution in [0.25, 0.3) is 0 Å². The minimum atomic E-state index is 0.0472. The lowest BCUT2D eigenvalue weighted by Crippen LogP contribution is -2.36. The molecule has 2 atom stereocenters. The first kappa shape index (κ1) is 20.6. The number of fused-ring (bicyclic) bond motifs is 3. The van der Waals surface area contributed by atoms with Crippen molar-refractivity contribution in [3.05, 3.63) is 107 Å². The van der Waals surface area contributed by atoms with Gasteiger partial charge in [0.2, 0.25) is 0 Å². The molecule has 1 fully saturated rings. The van der Waals surface area contributed by atoms with E-state index in [4.69, 9.17) is 0 Å². The number of anilines is 2. The van der Waals surface area contributed by atoms with Gasteiger partial charge < -0.3 is 9.80 Å². The van der Waals surface area contributed by atoms with E-state index in [1.54, 1.807) is 0 Å². The van der Waals surface area contributed by atoms with E-state index in [9.17, 15) is 0 Å². The maximum atomic E-state index is 2.68. The standard InChI is InChI=1S/C31H34N2/c1-22-14-10-12-20-27(22)32-23(2)29-31(3,25-17-8-5-9-18-25)26-19-11-13-21-28(26)33(29)30(32)24-15-6-4-7-16-24/h4,6-7,10-16,19-21,25,30H,5,8-9,17-18H2,1-3H3. The van der Waals surface area contributed by atoms with Gasteiger partial charge in [-0.25, -0.2) is 0 Å². The average Bonchev–Trinajstić information content (AvgIpc) is 3.32. The Labute approximate surface area is 198 Å². The van der Waals surface area contributed by atoms with Crippen LogP contribution < -0.4 is 9.80 Å². The van der Waals surface area contributed by atoms with Crippen LogP contribution in [0.1, 0.15) is 68.8 Å². The van der Waals surface area contributed by atoms with Crippen LogP contribution in [0.4, 0.5) is 11.4 Å². The van der Waals surface area contributed by atoms with Crippen molar-refractivity contribution in [1.82, 2.24) is 0 Å². The van der Waals surface area contributed by atoms with Crippen LogP contribution in [0.3, 0.4) is 0 Å². The number of rotatable bonds is 3. The summed E-state index contributed by atoms with van der Waals surface area (Å²) >= 11 is 0. The molecule has 0 aromatic heterocycles. The summed E-state index contributed by atoms with van der Waals surface area (Å²) in [6.07, 6.45) is 6.90. The molecule has 0 radical (unpaired) electrons. The molecule has 2 nitrogen and oxygen atoms in total. The van der Waals surface area contributed by atoms with E-state index in [0.717, 1.165) is 0 Å². The molecule has 168 valence electrons. The van der Waals surface area contributed by atoms with Gasteiger partial charge in [0.1, 0.15) is 6.17 Å². The van der Waals surface area contributed by atoms with Crippen molar-refractivity contribution >= 4 is 11.4 Å². The third-order valence-electron chi connectivity index (χ3n) is 8.54. The summed E-state index contributed by atoms with van der Waals surface area (Å²) in [6, 6.07) is 29.2. The van der Waals surface area contributed by atoms with Gasteiger partial charge in [0.15, 0.2) is 0 Å². The van der Waals surface area contributed by atoms with Crippen LogP contribution in [0.2, 0.25) is 0 Å².